The molecule has 7 amide bonds. The van der Waals surface area contributed by atoms with Crippen LogP contribution in [0.25, 0.3) is 0 Å². The molecule has 47 heavy (non-hydrogen) atoms. The van der Waals surface area contributed by atoms with Gasteiger partial charge in [-0.15, -0.1) is 0 Å². The van der Waals surface area contributed by atoms with E-state index < -0.39 is 108 Å². The summed E-state index contributed by atoms with van der Waals surface area (Å²) in [5.41, 5.74) is 10.6. The lowest BCUT2D eigenvalue weighted by molar-refractivity contribution is -0.151. The fraction of sp³-hybridized carbons (Fsp3) is 0.704. The van der Waals surface area contributed by atoms with Gasteiger partial charge >= 0.3 is 5.97 Å². The van der Waals surface area contributed by atoms with Crippen LogP contribution in [0.3, 0.4) is 0 Å². The Hall–Kier alpha value is -4.40. The third-order valence-corrected chi connectivity index (χ3v) is 7.22. The molecule has 1 saturated heterocycles. The second kappa shape index (κ2) is 18.7. The van der Waals surface area contributed by atoms with Gasteiger partial charge in [-0.05, 0) is 47.0 Å². The highest BCUT2D eigenvalue weighted by atomic mass is 16.4. The third kappa shape index (κ3) is 12.4. The topological polar surface area (TPSA) is 333 Å². The SMILES string of the molecule is C[C@H](N)C(=O)N[C@@H](C)C(=O)N[C@@H](CCC(N)=O)C(=O)N[C@H](C(=O)N[C@@H](CO)C(=O)N[C@H](C(=O)N1CCC[C@H]1C(=O)O)[C@@H](C)O)[C@@H](C)O. The molecule has 0 bridgehead atoms. The average molecular weight is 675 g/mol. The largest absolute Gasteiger partial charge is 0.480 e. The van der Waals surface area contributed by atoms with Crippen molar-refractivity contribution in [1.82, 2.24) is 31.5 Å². The van der Waals surface area contributed by atoms with Gasteiger partial charge in [-0.3, -0.25) is 33.6 Å². The van der Waals surface area contributed by atoms with Crippen molar-refractivity contribution < 1.29 is 58.8 Å². The number of amides is 7. The second-order valence-corrected chi connectivity index (χ2v) is 11.3. The van der Waals surface area contributed by atoms with Gasteiger partial charge in [-0.25, -0.2) is 4.79 Å². The van der Waals surface area contributed by atoms with Crippen molar-refractivity contribution in [3.05, 3.63) is 0 Å². The van der Waals surface area contributed by atoms with Crippen molar-refractivity contribution in [3.8, 4) is 0 Å². The number of rotatable bonds is 18. The van der Waals surface area contributed by atoms with Crippen LogP contribution in [0.15, 0.2) is 0 Å². The molecule has 0 aromatic rings. The van der Waals surface area contributed by atoms with Gasteiger partial charge in [0.2, 0.25) is 41.4 Å². The molecule has 0 aliphatic carbocycles. The number of aliphatic hydroxyl groups excluding tert-OH is 3. The highest BCUT2D eigenvalue weighted by Crippen LogP contribution is 2.19. The molecule has 1 aliphatic rings. The number of nitrogens with two attached hydrogens (primary N) is 2. The molecule has 1 heterocycles. The summed E-state index contributed by atoms with van der Waals surface area (Å²) in [6, 6.07) is -9.98. The van der Waals surface area contributed by atoms with Gasteiger partial charge in [-0.2, -0.15) is 0 Å². The fourth-order valence-corrected chi connectivity index (χ4v) is 4.49. The zero-order chi connectivity index (χ0) is 36.2. The van der Waals surface area contributed by atoms with Crippen LogP contribution >= 0.6 is 0 Å². The van der Waals surface area contributed by atoms with Crippen molar-refractivity contribution in [2.24, 2.45) is 11.5 Å². The zero-order valence-electron chi connectivity index (χ0n) is 26.6. The monoisotopic (exact) mass is 674 g/mol. The van der Waals surface area contributed by atoms with Gasteiger partial charge in [0.05, 0.1) is 24.9 Å². The first-order valence-electron chi connectivity index (χ1n) is 14.9. The fourth-order valence-electron chi connectivity index (χ4n) is 4.49. The molecule has 0 spiro atoms. The third-order valence-electron chi connectivity index (χ3n) is 7.22. The molecule has 0 aromatic heterocycles. The Morgan fingerprint density at radius 1 is 0.766 bits per heavy atom. The normalized spacial score (nSPS) is 19.4. The van der Waals surface area contributed by atoms with Crippen LogP contribution in [-0.2, 0) is 38.4 Å². The molecular weight excluding hydrogens is 628 g/mol. The van der Waals surface area contributed by atoms with Gasteiger partial charge in [0.25, 0.3) is 0 Å². The lowest BCUT2D eigenvalue weighted by Crippen LogP contribution is -2.63. The first-order chi connectivity index (χ1) is 21.8. The number of hydrogen-bond acceptors (Lipinski definition) is 12. The second-order valence-electron chi connectivity index (χ2n) is 11.3. The summed E-state index contributed by atoms with van der Waals surface area (Å²) in [5.74, 6) is -7.91. The van der Waals surface area contributed by atoms with E-state index in [1.54, 1.807) is 0 Å². The maximum absolute atomic E-state index is 13.1. The number of nitrogens with one attached hydrogen (secondary N) is 5. The van der Waals surface area contributed by atoms with Crippen LogP contribution in [0.5, 0.6) is 0 Å². The molecule has 1 aliphatic heterocycles. The van der Waals surface area contributed by atoms with Gasteiger partial charge in [0.1, 0.15) is 36.3 Å². The summed E-state index contributed by atoms with van der Waals surface area (Å²) < 4.78 is 0. The minimum absolute atomic E-state index is 0.0617. The number of primary amides is 1. The van der Waals surface area contributed by atoms with Crippen molar-refractivity contribution in [3.63, 3.8) is 0 Å². The Labute approximate surface area is 270 Å². The van der Waals surface area contributed by atoms with E-state index in [1.807, 2.05) is 0 Å². The molecule has 9 atom stereocenters. The molecule has 266 valence electrons. The van der Waals surface area contributed by atoms with Crippen molar-refractivity contribution >= 4 is 47.3 Å². The van der Waals surface area contributed by atoms with Crippen LogP contribution in [-0.4, -0.2) is 140 Å². The van der Waals surface area contributed by atoms with E-state index in [0.29, 0.717) is 6.42 Å². The number of carbonyl (C=O) groups is 8. The number of aliphatic hydroxyl groups is 3. The Bertz CT molecular complexity index is 1180. The number of likely N-dealkylation sites (tertiary alicyclic amines) is 1. The average Bonchev–Trinajstić information content (AvgIpc) is 3.48. The lowest BCUT2D eigenvalue weighted by atomic mass is 10.1. The Kier molecular flexibility index (Phi) is 16.1. The predicted molar refractivity (Wildman–Crippen MR) is 160 cm³/mol. The van der Waals surface area contributed by atoms with Crippen LogP contribution < -0.4 is 38.1 Å². The van der Waals surface area contributed by atoms with E-state index in [1.165, 1.54) is 20.8 Å². The first-order valence-corrected chi connectivity index (χ1v) is 14.9. The quantitative estimate of drug-likeness (QED) is 0.0645. The van der Waals surface area contributed by atoms with Gasteiger partial charge < -0.3 is 63.4 Å². The predicted octanol–water partition coefficient (Wildman–Crippen LogP) is -6.13. The molecule has 20 heteroatoms. The number of carbonyl (C=O) groups excluding carboxylic acids is 7. The van der Waals surface area contributed by atoms with Crippen molar-refractivity contribution in [2.45, 2.75) is 108 Å². The van der Waals surface area contributed by atoms with E-state index in [4.69, 9.17) is 11.5 Å². The van der Waals surface area contributed by atoms with Crippen molar-refractivity contribution in [1.29, 1.82) is 0 Å². The first kappa shape index (κ1) is 40.6. The number of nitrogens with zero attached hydrogens (tertiary/aromatic N) is 1. The van der Waals surface area contributed by atoms with Crippen LogP contribution in [0.4, 0.5) is 0 Å². The minimum atomic E-state index is -1.79. The van der Waals surface area contributed by atoms with Crippen LogP contribution in [0.2, 0.25) is 0 Å². The summed E-state index contributed by atoms with van der Waals surface area (Å²) >= 11 is 0. The Morgan fingerprint density at radius 2 is 1.30 bits per heavy atom. The molecule has 0 aromatic carbocycles. The zero-order valence-corrected chi connectivity index (χ0v) is 26.6. The number of aliphatic carboxylic acids is 1. The molecule has 0 saturated carbocycles. The van der Waals surface area contributed by atoms with E-state index in [-0.39, 0.29) is 25.8 Å². The van der Waals surface area contributed by atoms with Crippen LogP contribution in [0.1, 0.15) is 53.4 Å². The number of carboxylic acids is 1. The molecule has 1 rings (SSSR count). The van der Waals surface area contributed by atoms with E-state index in [0.717, 1.165) is 11.8 Å². The number of hydrogen-bond donors (Lipinski definition) is 11. The minimum Gasteiger partial charge on any atom is -0.480 e. The maximum atomic E-state index is 13.1. The Morgan fingerprint density at radius 3 is 1.79 bits per heavy atom. The summed E-state index contributed by atoms with van der Waals surface area (Å²) in [5, 5.41) is 50.8. The highest BCUT2D eigenvalue weighted by molar-refractivity contribution is 5.97. The van der Waals surface area contributed by atoms with Gasteiger partial charge in [0, 0.05) is 13.0 Å². The molecule has 20 nitrogen and oxygen atoms in total. The molecular formula is C27H46N8O12. The molecule has 0 unspecified atom stereocenters. The summed E-state index contributed by atoms with van der Waals surface area (Å²) in [7, 11) is 0. The maximum Gasteiger partial charge on any atom is 0.326 e. The summed E-state index contributed by atoms with van der Waals surface area (Å²) in [4.78, 5) is 101. The smallest absolute Gasteiger partial charge is 0.326 e. The van der Waals surface area contributed by atoms with Gasteiger partial charge in [0.15, 0.2) is 0 Å². The standard InChI is InChI=1S/C27H46N8O12/c1-11(28)21(40)30-12(2)22(41)31-15(7-8-18(29)39)23(42)33-19(13(3)37)25(44)32-16(10-36)24(43)34-20(14(4)38)26(45)35-9-5-6-17(35)27(46)47/h11-17,19-20,36-38H,5-10,28H2,1-4H3,(H2,29,39)(H,30,40)(H,31,41)(H,32,44)(H,33,42)(H,34,43)(H,46,47)/t11-,12-,13+,14+,15-,16-,17-,19-,20-/m0/s1. The van der Waals surface area contributed by atoms with Crippen molar-refractivity contribution in [2.75, 3.05) is 13.2 Å². The van der Waals surface area contributed by atoms with Crippen LogP contribution in [0, 0.1) is 0 Å². The van der Waals surface area contributed by atoms with Gasteiger partial charge in [-0.1, -0.05) is 0 Å². The summed E-state index contributed by atoms with van der Waals surface area (Å²) in [6.07, 6.45) is -3.31. The Balaban J connectivity index is 3.06. The molecule has 13 N–H and O–H groups in total. The van der Waals surface area contributed by atoms with E-state index in [9.17, 15) is 58.8 Å². The summed E-state index contributed by atoms with van der Waals surface area (Å²) in [6.45, 7) is 3.98. The lowest BCUT2D eigenvalue weighted by Gasteiger charge is -2.30. The number of carboxylic acid groups (broad SMARTS) is 1. The molecule has 1 fully saturated rings. The molecule has 0 radical (unpaired) electrons. The highest BCUT2D eigenvalue weighted by Gasteiger charge is 2.40. The van der Waals surface area contributed by atoms with E-state index in [2.05, 4.69) is 26.6 Å². The van der Waals surface area contributed by atoms with E-state index >= 15 is 0 Å².